The van der Waals surface area contributed by atoms with Crippen LogP contribution in [0, 0.1) is 17.0 Å². The number of anilines is 4. The van der Waals surface area contributed by atoms with Crippen LogP contribution in [0.25, 0.3) is 0 Å². The van der Waals surface area contributed by atoms with Crippen molar-refractivity contribution in [1.82, 2.24) is 15.0 Å². The van der Waals surface area contributed by atoms with Gasteiger partial charge in [-0.1, -0.05) is 6.07 Å². The van der Waals surface area contributed by atoms with Gasteiger partial charge >= 0.3 is 5.69 Å². The number of hydrogen-bond acceptors (Lipinski definition) is 8. The maximum absolute atomic E-state index is 11.6. The highest BCUT2D eigenvalue weighted by Crippen LogP contribution is 2.32. The highest BCUT2D eigenvalue weighted by atomic mass is 16.6. The summed E-state index contributed by atoms with van der Waals surface area (Å²) in [7, 11) is 0. The van der Waals surface area contributed by atoms with Gasteiger partial charge in [-0.25, -0.2) is 15.0 Å². The van der Waals surface area contributed by atoms with Gasteiger partial charge in [0.1, 0.15) is 17.9 Å². The number of rotatable bonds is 7. The summed E-state index contributed by atoms with van der Waals surface area (Å²) in [5, 5.41) is 17.4. The summed E-state index contributed by atoms with van der Waals surface area (Å²) in [6.45, 7) is 4.36. The Balaban J connectivity index is 1.88. The number of nitro groups is 1. The number of nitrogens with zero attached hydrogens (tertiary/aromatic N) is 4. The fourth-order valence-electron chi connectivity index (χ4n) is 2.34. The SMILES string of the molecule is CCOc1ccc(Nc2ncnc(Nc3ccc(C)cn3)c2[N+](=O)[O-])cc1. The molecule has 2 heterocycles. The van der Waals surface area contributed by atoms with E-state index in [-0.39, 0.29) is 17.3 Å². The maximum Gasteiger partial charge on any atom is 0.353 e. The molecule has 138 valence electrons. The Morgan fingerprint density at radius 3 is 2.33 bits per heavy atom. The number of benzene rings is 1. The van der Waals surface area contributed by atoms with Gasteiger partial charge in [0.15, 0.2) is 0 Å². The molecule has 0 amide bonds. The van der Waals surface area contributed by atoms with Gasteiger partial charge in [0.2, 0.25) is 11.6 Å². The van der Waals surface area contributed by atoms with Crippen molar-refractivity contribution >= 4 is 28.8 Å². The first-order chi connectivity index (χ1) is 13.1. The Hall–Kier alpha value is -3.75. The lowest BCUT2D eigenvalue weighted by atomic mass is 10.3. The zero-order valence-corrected chi connectivity index (χ0v) is 14.8. The van der Waals surface area contributed by atoms with Crippen molar-refractivity contribution in [1.29, 1.82) is 0 Å². The minimum absolute atomic E-state index is 0.0554. The van der Waals surface area contributed by atoms with Crippen molar-refractivity contribution in [3.63, 3.8) is 0 Å². The smallest absolute Gasteiger partial charge is 0.353 e. The lowest BCUT2D eigenvalue weighted by molar-refractivity contribution is -0.383. The van der Waals surface area contributed by atoms with E-state index in [9.17, 15) is 10.1 Å². The molecule has 2 aromatic heterocycles. The van der Waals surface area contributed by atoms with Gasteiger partial charge in [0, 0.05) is 11.9 Å². The Labute approximate surface area is 155 Å². The standard InChI is InChI=1S/C18H18N6O3/c1-3-27-14-7-5-13(6-8-14)22-17-16(24(25)26)18(21-11-20-17)23-15-9-4-12(2)10-19-15/h4-11H,3H2,1-2H3,(H2,19,20,21,22,23). The van der Waals surface area contributed by atoms with Crippen LogP contribution in [0.1, 0.15) is 12.5 Å². The minimum Gasteiger partial charge on any atom is -0.494 e. The van der Waals surface area contributed by atoms with Crippen LogP contribution in [0.5, 0.6) is 5.75 Å². The summed E-state index contributed by atoms with van der Waals surface area (Å²) in [5.74, 6) is 1.30. The molecule has 9 nitrogen and oxygen atoms in total. The van der Waals surface area contributed by atoms with Crippen molar-refractivity contribution in [2.45, 2.75) is 13.8 Å². The van der Waals surface area contributed by atoms with E-state index in [0.717, 1.165) is 5.56 Å². The van der Waals surface area contributed by atoms with Crippen molar-refractivity contribution in [3.8, 4) is 5.75 Å². The van der Waals surface area contributed by atoms with Gasteiger partial charge in [0.25, 0.3) is 0 Å². The molecule has 2 N–H and O–H groups in total. The average Bonchev–Trinajstić information content (AvgIpc) is 2.65. The molecule has 0 atom stereocenters. The third-order valence-corrected chi connectivity index (χ3v) is 3.59. The number of nitrogens with one attached hydrogen (secondary N) is 2. The molecule has 0 bridgehead atoms. The number of ether oxygens (including phenoxy) is 1. The minimum atomic E-state index is -0.534. The molecule has 0 saturated heterocycles. The lowest BCUT2D eigenvalue weighted by Gasteiger charge is -2.10. The average molecular weight is 366 g/mol. The molecule has 1 aromatic carbocycles. The third kappa shape index (κ3) is 4.46. The van der Waals surface area contributed by atoms with Crippen LogP contribution in [-0.2, 0) is 0 Å². The molecule has 9 heteroatoms. The van der Waals surface area contributed by atoms with Crippen LogP contribution in [0.3, 0.4) is 0 Å². The summed E-state index contributed by atoms with van der Waals surface area (Å²) in [6.07, 6.45) is 2.91. The zero-order valence-electron chi connectivity index (χ0n) is 14.8. The molecule has 3 aromatic rings. The number of pyridine rings is 1. The van der Waals surface area contributed by atoms with Crippen LogP contribution in [0.2, 0.25) is 0 Å². The second kappa shape index (κ2) is 8.09. The van der Waals surface area contributed by atoms with E-state index in [2.05, 4.69) is 25.6 Å². The summed E-state index contributed by atoms with van der Waals surface area (Å²) in [4.78, 5) is 23.3. The number of hydrogen-bond donors (Lipinski definition) is 2. The predicted molar refractivity (Wildman–Crippen MR) is 102 cm³/mol. The van der Waals surface area contributed by atoms with Gasteiger partial charge in [-0.3, -0.25) is 10.1 Å². The molecule has 0 unspecified atom stereocenters. The summed E-state index contributed by atoms with van der Waals surface area (Å²) in [5.41, 5.74) is 1.35. The normalized spacial score (nSPS) is 10.3. The lowest BCUT2D eigenvalue weighted by Crippen LogP contribution is -2.06. The first-order valence-electron chi connectivity index (χ1n) is 8.25. The van der Waals surface area contributed by atoms with Crippen LogP contribution < -0.4 is 15.4 Å². The van der Waals surface area contributed by atoms with Crippen LogP contribution in [-0.4, -0.2) is 26.5 Å². The van der Waals surface area contributed by atoms with Crippen LogP contribution >= 0.6 is 0 Å². The maximum atomic E-state index is 11.6. The van der Waals surface area contributed by atoms with Gasteiger partial charge in [-0.05, 0) is 49.7 Å². The Morgan fingerprint density at radius 1 is 1.04 bits per heavy atom. The molecule has 0 radical (unpaired) electrons. The van der Waals surface area contributed by atoms with Gasteiger partial charge in [-0.2, -0.15) is 0 Å². The molecule has 0 aliphatic rings. The summed E-state index contributed by atoms with van der Waals surface area (Å²) >= 11 is 0. The first-order valence-corrected chi connectivity index (χ1v) is 8.25. The van der Waals surface area contributed by atoms with Gasteiger partial charge < -0.3 is 15.4 Å². The van der Waals surface area contributed by atoms with Crippen molar-refractivity contribution < 1.29 is 9.66 Å². The molecule has 0 aliphatic heterocycles. The van der Waals surface area contributed by atoms with E-state index in [4.69, 9.17) is 4.74 Å². The molecule has 0 spiro atoms. The van der Waals surface area contributed by atoms with E-state index in [1.165, 1.54) is 6.33 Å². The monoisotopic (exact) mass is 366 g/mol. The Morgan fingerprint density at radius 2 is 1.74 bits per heavy atom. The Kier molecular flexibility index (Phi) is 5.41. The van der Waals surface area contributed by atoms with E-state index < -0.39 is 4.92 Å². The predicted octanol–water partition coefficient (Wildman–Crippen LogP) is 3.97. The highest BCUT2D eigenvalue weighted by molar-refractivity contribution is 5.76. The fraction of sp³-hybridized carbons (Fsp3) is 0.167. The molecule has 0 aliphatic carbocycles. The molecule has 3 rings (SSSR count). The van der Waals surface area contributed by atoms with Gasteiger partial charge in [-0.15, -0.1) is 0 Å². The second-order valence-electron chi connectivity index (χ2n) is 5.60. The number of aromatic nitrogens is 3. The fourth-order valence-corrected chi connectivity index (χ4v) is 2.34. The van der Waals surface area contributed by atoms with E-state index >= 15 is 0 Å². The topological polar surface area (TPSA) is 115 Å². The molecular formula is C18H18N6O3. The molecule has 0 fully saturated rings. The van der Waals surface area contributed by atoms with E-state index in [1.54, 1.807) is 36.5 Å². The van der Waals surface area contributed by atoms with Gasteiger partial charge in [0.05, 0.1) is 11.5 Å². The van der Waals surface area contributed by atoms with E-state index in [0.29, 0.717) is 23.9 Å². The first kappa shape index (κ1) is 18.1. The summed E-state index contributed by atoms with van der Waals surface area (Å²) in [6, 6.07) is 10.6. The summed E-state index contributed by atoms with van der Waals surface area (Å²) < 4.78 is 5.39. The van der Waals surface area contributed by atoms with Crippen molar-refractivity contribution in [2.75, 3.05) is 17.2 Å². The highest BCUT2D eigenvalue weighted by Gasteiger charge is 2.23. The Bertz CT molecular complexity index is 929. The largest absolute Gasteiger partial charge is 0.494 e. The van der Waals surface area contributed by atoms with Crippen LogP contribution in [0.15, 0.2) is 48.9 Å². The number of aryl methyl sites for hydroxylation is 1. The van der Waals surface area contributed by atoms with Crippen LogP contribution in [0.4, 0.5) is 28.8 Å². The van der Waals surface area contributed by atoms with E-state index in [1.807, 2.05) is 19.9 Å². The second-order valence-corrected chi connectivity index (χ2v) is 5.60. The zero-order chi connectivity index (χ0) is 19.2. The third-order valence-electron chi connectivity index (χ3n) is 3.59. The molecular weight excluding hydrogens is 348 g/mol. The molecule has 27 heavy (non-hydrogen) atoms. The molecule has 0 saturated carbocycles. The quantitative estimate of drug-likeness (QED) is 0.477. The van der Waals surface area contributed by atoms with Crippen molar-refractivity contribution in [2.24, 2.45) is 0 Å². The van der Waals surface area contributed by atoms with Crippen molar-refractivity contribution in [3.05, 3.63) is 64.6 Å².